The number of aromatic carboxylic acids is 2. The molecule has 1 aromatic rings. The average Bonchev–Trinajstić information content (AvgIpc) is 3.22. The summed E-state index contributed by atoms with van der Waals surface area (Å²) in [4.78, 5) is 78.8. The van der Waals surface area contributed by atoms with E-state index in [0.29, 0.717) is 19.3 Å². The van der Waals surface area contributed by atoms with Gasteiger partial charge in [-0.1, -0.05) is 34.1 Å². The van der Waals surface area contributed by atoms with E-state index < -0.39 is 46.1 Å². The first-order valence-electron chi connectivity index (χ1n) is 20.3. The summed E-state index contributed by atoms with van der Waals surface area (Å²) in [5, 5.41) is 18.0. The third-order valence-electron chi connectivity index (χ3n) is 9.09. The fraction of sp³-hybridized carbons (Fsp3) is 0.711. The molecule has 0 bridgehead atoms. The lowest BCUT2D eigenvalue weighted by atomic mass is 9.90. The lowest BCUT2D eigenvalue weighted by Crippen LogP contribution is -2.33. The van der Waals surface area contributed by atoms with Gasteiger partial charge in [0.2, 0.25) is 0 Å². The second kappa shape index (κ2) is 32.5. The number of hydrogen-bond acceptors (Lipinski definition) is 15. The second-order valence-electron chi connectivity index (χ2n) is 16.5. The fourth-order valence-electron chi connectivity index (χ4n) is 3.70. The van der Waals surface area contributed by atoms with Crippen molar-refractivity contribution in [2.45, 2.75) is 134 Å². The largest absolute Gasteiger partial charge is 0.478 e. The van der Waals surface area contributed by atoms with Gasteiger partial charge in [0.15, 0.2) is 0 Å². The number of carboxylic acids is 2. The molecule has 0 radical (unpaired) electrons. The topological polar surface area (TPSA) is 225 Å². The van der Waals surface area contributed by atoms with Crippen LogP contribution in [0.5, 0.6) is 0 Å². The zero-order valence-corrected chi connectivity index (χ0v) is 41.7. The summed E-state index contributed by atoms with van der Waals surface area (Å²) in [7, 11) is 6.86. The molecule has 62 heavy (non-hydrogen) atoms. The Balaban J connectivity index is -0.000000353. The summed E-state index contributed by atoms with van der Waals surface area (Å²) in [5.41, 5.74) is -3.39. The van der Waals surface area contributed by atoms with Crippen molar-refractivity contribution in [3.63, 3.8) is 0 Å². The summed E-state index contributed by atoms with van der Waals surface area (Å²) >= 11 is 1.77. The van der Waals surface area contributed by atoms with E-state index in [1.165, 1.54) is 7.11 Å². The van der Waals surface area contributed by atoms with E-state index in [-0.39, 0.29) is 45.9 Å². The highest BCUT2D eigenvalue weighted by atomic mass is 32.2. The van der Waals surface area contributed by atoms with Crippen molar-refractivity contribution in [1.29, 1.82) is 0 Å². The Kier molecular flexibility index (Phi) is 33.7. The molecule has 0 saturated heterocycles. The van der Waals surface area contributed by atoms with Crippen LogP contribution in [0.4, 0.5) is 0 Å². The van der Waals surface area contributed by atoms with Gasteiger partial charge in [0.25, 0.3) is 0 Å². The van der Waals surface area contributed by atoms with Gasteiger partial charge >= 0.3 is 41.8 Å². The number of thioether (sulfide) groups is 1. The molecule has 0 amide bonds. The first kappa shape index (κ1) is 64.4. The molecule has 0 saturated carbocycles. The summed E-state index contributed by atoms with van der Waals surface area (Å²) in [6.07, 6.45) is 6.80. The molecular weight excluding hydrogens is 829 g/mol. The number of rotatable bonds is 18. The van der Waals surface area contributed by atoms with Gasteiger partial charge in [0, 0.05) is 20.0 Å². The molecule has 0 aliphatic carbocycles. The molecule has 0 heterocycles. The van der Waals surface area contributed by atoms with Gasteiger partial charge in [-0.05, 0) is 106 Å². The van der Waals surface area contributed by atoms with E-state index in [9.17, 15) is 33.6 Å². The molecule has 16 nitrogen and oxygen atoms in total. The molecule has 0 fully saturated rings. The molecule has 360 valence electrons. The Labute approximate surface area is 374 Å². The predicted octanol–water partition coefficient (Wildman–Crippen LogP) is 8.79. The number of carboxylic acid groups (broad SMARTS) is 2. The van der Waals surface area contributed by atoms with Gasteiger partial charge in [-0.25, -0.2) is 19.2 Å². The molecule has 1 aromatic carbocycles. The minimum absolute atomic E-state index is 0.0709. The lowest BCUT2D eigenvalue weighted by Gasteiger charge is -2.27. The Morgan fingerprint density at radius 3 is 1.26 bits per heavy atom. The van der Waals surface area contributed by atoms with Gasteiger partial charge in [-0.2, -0.15) is 11.8 Å². The van der Waals surface area contributed by atoms with Crippen molar-refractivity contribution in [2.24, 2.45) is 16.2 Å². The van der Waals surface area contributed by atoms with Crippen molar-refractivity contribution in [3.8, 4) is 0 Å². The van der Waals surface area contributed by atoms with Gasteiger partial charge in [-0.3, -0.25) is 14.4 Å². The molecule has 0 spiro atoms. The number of benzene rings is 1. The SMILES string of the molecule is CCC(C)(C)C(=O)OC.CCC(C)(C)C(=O)OC(C)(C)C.CCCCOC(=O)C(C)(C)CC.COC(=O)c1cc(C(=O)OC)c(C(=O)O)cc1C(=O)O.COCC(CSC)OC. The van der Waals surface area contributed by atoms with Crippen LogP contribution < -0.4 is 0 Å². The Morgan fingerprint density at radius 1 is 0.597 bits per heavy atom. The Morgan fingerprint density at radius 2 is 0.984 bits per heavy atom. The van der Waals surface area contributed by atoms with Gasteiger partial charge in [-0.15, -0.1) is 0 Å². The second-order valence-corrected chi connectivity index (χ2v) is 17.4. The molecule has 0 aliphatic heterocycles. The third kappa shape index (κ3) is 27.0. The van der Waals surface area contributed by atoms with E-state index in [1.807, 2.05) is 83.1 Å². The fourth-order valence-corrected chi connectivity index (χ4v) is 4.30. The van der Waals surface area contributed by atoms with Crippen LogP contribution in [0, 0.1) is 16.2 Å². The van der Waals surface area contributed by atoms with E-state index in [0.717, 1.165) is 58.1 Å². The van der Waals surface area contributed by atoms with Crippen molar-refractivity contribution in [2.75, 3.05) is 60.8 Å². The van der Waals surface area contributed by atoms with Crippen molar-refractivity contribution in [3.05, 3.63) is 34.4 Å². The quantitative estimate of drug-likeness (QED) is 0.0797. The van der Waals surface area contributed by atoms with Crippen LogP contribution in [-0.2, 0) is 47.5 Å². The van der Waals surface area contributed by atoms with Crippen molar-refractivity contribution >= 4 is 53.5 Å². The minimum atomic E-state index is -1.52. The summed E-state index contributed by atoms with van der Waals surface area (Å²) in [5.74, 6) is -4.38. The standard InChI is InChI=1S/C12H10O8.2C10H20O2.C7H14O2.C6H14O2S/c1-19-11(17)7-4-8(12(18)20-2)6(10(15)16)3-5(7)9(13)14;1-7-10(5,6)8(11)12-9(2,3)4;1-5-7-8-12-9(11)10(3,4)6-2;1-5-7(2,3)6(8)9-4;1-7-4-6(8-2)5-9-3/h3-4H,1-2H3,(H,13,14)(H,15,16);7H2,1-6H3;5-8H2,1-4H3;5H2,1-4H3;6H,4-5H2,1-3H3. The van der Waals surface area contributed by atoms with E-state index in [4.69, 9.17) is 29.2 Å². The van der Waals surface area contributed by atoms with Crippen LogP contribution in [0.3, 0.4) is 0 Å². The summed E-state index contributed by atoms with van der Waals surface area (Å²) in [6.45, 7) is 26.4. The average molecular weight is 907 g/mol. The Hall–Kier alpha value is -4.22. The number of ether oxygens (including phenoxy) is 7. The van der Waals surface area contributed by atoms with Crippen LogP contribution >= 0.6 is 11.8 Å². The first-order chi connectivity index (χ1) is 28.4. The van der Waals surface area contributed by atoms with E-state index in [1.54, 1.807) is 26.0 Å². The van der Waals surface area contributed by atoms with Crippen LogP contribution in [0.25, 0.3) is 0 Å². The molecule has 0 aromatic heterocycles. The van der Waals surface area contributed by atoms with Crippen LogP contribution in [-0.4, -0.2) is 124 Å². The zero-order chi connectivity index (χ0) is 49.7. The number of methoxy groups -OCH3 is 5. The van der Waals surface area contributed by atoms with Gasteiger partial charge in [0.05, 0.1) is 79.1 Å². The highest BCUT2D eigenvalue weighted by molar-refractivity contribution is 7.98. The Bertz CT molecular complexity index is 1470. The van der Waals surface area contributed by atoms with Gasteiger partial charge in [0.1, 0.15) is 5.60 Å². The molecular formula is C45H78O16S. The maximum Gasteiger partial charge on any atom is 0.338 e. The number of carbonyl (C=O) groups excluding carboxylic acids is 5. The van der Waals surface area contributed by atoms with E-state index >= 15 is 0 Å². The number of carbonyl (C=O) groups is 7. The van der Waals surface area contributed by atoms with Crippen LogP contribution in [0.1, 0.15) is 164 Å². The molecule has 2 N–H and O–H groups in total. The highest BCUT2D eigenvalue weighted by Gasteiger charge is 2.31. The maximum absolute atomic E-state index is 11.5. The smallest absolute Gasteiger partial charge is 0.338 e. The van der Waals surface area contributed by atoms with Crippen molar-refractivity contribution in [1.82, 2.24) is 0 Å². The van der Waals surface area contributed by atoms with Gasteiger partial charge < -0.3 is 43.4 Å². The monoisotopic (exact) mass is 907 g/mol. The molecule has 1 unspecified atom stereocenters. The van der Waals surface area contributed by atoms with Crippen molar-refractivity contribution < 1.29 is 76.9 Å². The van der Waals surface area contributed by atoms with Crippen LogP contribution in [0.15, 0.2) is 12.1 Å². The summed E-state index contributed by atoms with van der Waals surface area (Å²) in [6, 6.07) is 1.54. The first-order valence-corrected chi connectivity index (χ1v) is 21.7. The highest BCUT2D eigenvalue weighted by Crippen LogP contribution is 2.25. The third-order valence-corrected chi connectivity index (χ3v) is 9.80. The predicted molar refractivity (Wildman–Crippen MR) is 240 cm³/mol. The number of hydrogen-bond donors (Lipinski definition) is 2. The maximum atomic E-state index is 11.5. The lowest BCUT2D eigenvalue weighted by molar-refractivity contribution is -0.165. The number of unbranched alkanes of at least 4 members (excludes halogenated alkanes) is 1. The normalized spacial score (nSPS) is 11.4. The molecule has 1 atom stereocenters. The van der Waals surface area contributed by atoms with Crippen LogP contribution in [0.2, 0.25) is 0 Å². The molecule has 0 aliphatic rings. The molecule has 1 rings (SSSR count). The number of esters is 5. The summed E-state index contributed by atoms with van der Waals surface area (Å²) < 4.78 is 33.7. The minimum Gasteiger partial charge on any atom is -0.478 e. The van der Waals surface area contributed by atoms with E-state index in [2.05, 4.69) is 27.4 Å². The molecule has 17 heteroatoms. The zero-order valence-electron chi connectivity index (χ0n) is 40.9.